The van der Waals surface area contributed by atoms with E-state index in [1.807, 2.05) is 25.1 Å². The minimum atomic E-state index is 0.114. The number of hydrogen-bond acceptors (Lipinski definition) is 4. The molecular weight excluding hydrogens is 256 g/mol. The summed E-state index contributed by atoms with van der Waals surface area (Å²) >= 11 is 0. The van der Waals surface area contributed by atoms with Gasteiger partial charge in [-0.3, -0.25) is 4.79 Å². The topological polar surface area (TPSA) is 99.7 Å². The Labute approximate surface area is 118 Å². The highest BCUT2D eigenvalue weighted by molar-refractivity contribution is 5.97. The van der Waals surface area contributed by atoms with Crippen molar-refractivity contribution >= 4 is 11.7 Å². The maximum absolute atomic E-state index is 11.1. The monoisotopic (exact) mass is 276 g/mol. The van der Waals surface area contributed by atoms with E-state index in [4.69, 9.17) is 10.9 Å². The van der Waals surface area contributed by atoms with E-state index in [2.05, 4.69) is 15.8 Å². The number of carbonyl (C=O) groups excluding carboxylic acids is 1. The van der Waals surface area contributed by atoms with E-state index in [0.717, 1.165) is 24.1 Å². The Morgan fingerprint density at radius 2 is 2.40 bits per heavy atom. The lowest BCUT2D eigenvalue weighted by Gasteiger charge is -2.24. The molecule has 1 unspecified atom stereocenters. The van der Waals surface area contributed by atoms with Gasteiger partial charge in [0.25, 0.3) is 0 Å². The Balaban J connectivity index is 1.95. The van der Waals surface area contributed by atoms with Gasteiger partial charge in [0.15, 0.2) is 5.84 Å². The van der Waals surface area contributed by atoms with Gasteiger partial charge in [0.2, 0.25) is 5.91 Å². The van der Waals surface area contributed by atoms with Crippen LogP contribution < -0.4 is 16.4 Å². The molecule has 1 heterocycles. The van der Waals surface area contributed by atoms with Crippen molar-refractivity contribution in [2.45, 2.75) is 32.4 Å². The van der Waals surface area contributed by atoms with Gasteiger partial charge in [0.05, 0.1) is 0 Å². The number of nitrogens with zero attached hydrogens (tertiary/aromatic N) is 1. The van der Waals surface area contributed by atoms with Crippen LogP contribution in [0, 0.1) is 6.92 Å². The summed E-state index contributed by atoms with van der Waals surface area (Å²) in [6.45, 7) is 3.41. The third-order valence-corrected chi connectivity index (χ3v) is 3.59. The SMILES string of the molecule is Cc1cc(/C(N)=N/O)ccc1CNC1CCC(=O)NC1. The van der Waals surface area contributed by atoms with Gasteiger partial charge in [-0.15, -0.1) is 0 Å². The van der Waals surface area contributed by atoms with Gasteiger partial charge < -0.3 is 21.6 Å². The third-order valence-electron chi connectivity index (χ3n) is 3.59. The van der Waals surface area contributed by atoms with Crippen LogP contribution in [-0.4, -0.2) is 29.5 Å². The molecule has 1 atom stereocenters. The molecule has 1 fully saturated rings. The second kappa shape index (κ2) is 6.38. The largest absolute Gasteiger partial charge is 0.409 e. The van der Waals surface area contributed by atoms with E-state index >= 15 is 0 Å². The lowest BCUT2D eigenvalue weighted by molar-refractivity contribution is -0.122. The number of oxime groups is 1. The van der Waals surface area contributed by atoms with E-state index in [1.165, 1.54) is 0 Å². The summed E-state index contributed by atoms with van der Waals surface area (Å²) in [4.78, 5) is 11.1. The van der Waals surface area contributed by atoms with Crippen LogP contribution in [0.4, 0.5) is 0 Å². The molecule has 0 aromatic heterocycles. The van der Waals surface area contributed by atoms with Gasteiger partial charge >= 0.3 is 0 Å². The summed E-state index contributed by atoms with van der Waals surface area (Å²) in [6.07, 6.45) is 1.45. The predicted molar refractivity (Wildman–Crippen MR) is 76.6 cm³/mol. The lowest BCUT2D eigenvalue weighted by Crippen LogP contribution is -2.45. The van der Waals surface area contributed by atoms with Crippen molar-refractivity contribution in [3.8, 4) is 0 Å². The van der Waals surface area contributed by atoms with E-state index < -0.39 is 0 Å². The van der Waals surface area contributed by atoms with Gasteiger partial charge in [-0.2, -0.15) is 0 Å². The Bertz CT molecular complexity index is 518. The predicted octanol–water partition coefficient (Wildman–Crippen LogP) is 0.458. The molecule has 1 aliphatic rings. The summed E-state index contributed by atoms with van der Waals surface area (Å²) in [6, 6.07) is 6.02. The highest BCUT2D eigenvalue weighted by Crippen LogP contribution is 2.12. The van der Waals surface area contributed by atoms with Crippen molar-refractivity contribution in [2.75, 3.05) is 6.54 Å². The van der Waals surface area contributed by atoms with Crippen molar-refractivity contribution in [3.63, 3.8) is 0 Å². The van der Waals surface area contributed by atoms with Crippen molar-refractivity contribution in [1.82, 2.24) is 10.6 Å². The number of amidine groups is 1. The van der Waals surface area contributed by atoms with E-state index in [0.29, 0.717) is 24.6 Å². The molecule has 1 amide bonds. The normalized spacial score (nSPS) is 19.8. The van der Waals surface area contributed by atoms with Crippen molar-refractivity contribution in [2.24, 2.45) is 10.9 Å². The molecule has 0 bridgehead atoms. The first-order valence-electron chi connectivity index (χ1n) is 6.67. The van der Waals surface area contributed by atoms with Gasteiger partial charge in [0, 0.05) is 31.1 Å². The lowest BCUT2D eigenvalue weighted by atomic mass is 10.0. The molecule has 1 aromatic carbocycles. The highest BCUT2D eigenvalue weighted by atomic mass is 16.4. The minimum absolute atomic E-state index is 0.114. The molecule has 0 radical (unpaired) electrons. The summed E-state index contributed by atoms with van der Waals surface area (Å²) in [5.74, 6) is 0.241. The Morgan fingerprint density at radius 3 is 3.00 bits per heavy atom. The van der Waals surface area contributed by atoms with Crippen LogP contribution in [0.1, 0.15) is 29.5 Å². The first-order valence-corrected chi connectivity index (χ1v) is 6.67. The number of aryl methyl sites for hydroxylation is 1. The zero-order chi connectivity index (χ0) is 14.5. The first-order chi connectivity index (χ1) is 9.60. The average Bonchev–Trinajstić information content (AvgIpc) is 2.46. The summed E-state index contributed by atoms with van der Waals surface area (Å²) < 4.78 is 0. The number of nitrogens with one attached hydrogen (secondary N) is 2. The van der Waals surface area contributed by atoms with Crippen LogP contribution in [-0.2, 0) is 11.3 Å². The van der Waals surface area contributed by atoms with Crippen molar-refractivity contribution < 1.29 is 10.0 Å². The molecule has 0 aliphatic carbocycles. The van der Waals surface area contributed by atoms with Crippen LogP contribution in [0.2, 0.25) is 0 Å². The standard InChI is InChI=1S/C14H20N4O2/c1-9-6-10(14(15)18-20)2-3-11(9)7-16-12-4-5-13(19)17-8-12/h2-3,6,12,16,20H,4-5,7-8H2,1H3,(H2,15,18)(H,17,19). The Kier molecular flexibility index (Phi) is 4.57. The van der Waals surface area contributed by atoms with E-state index in [9.17, 15) is 4.79 Å². The van der Waals surface area contributed by atoms with E-state index in [-0.39, 0.29) is 11.7 Å². The Morgan fingerprint density at radius 1 is 1.60 bits per heavy atom. The summed E-state index contributed by atoms with van der Waals surface area (Å²) in [7, 11) is 0. The molecule has 108 valence electrons. The fourth-order valence-corrected chi connectivity index (χ4v) is 2.27. The number of amides is 1. The van der Waals surface area contributed by atoms with Crippen molar-refractivity contribution in [3.05, 3.63) is 34.9 Å². The number of carbonyl (C=O) groups is 1. The third kappa shape index (κ3) is 3.48. The average molecular weight is 276 g/mol. The molecule has 5 N–H and O–H groups in total. The summed E-state index contributed by atoms with van der Waals surface area (Å²) in [5.41, 5.74) is 8.52. The van der Waals surface area contributed by atoms with Crippen LogP contribution in [0.25, 0.3) is 0 Å². The molecule has 6 nitrogen and oxygen atoms in total. The molecule has 2 rings (SSSR count). The van der Waals surface area contributed by atoms with Gasteiger partial charge in [-0.05, 0) is 30.5 Å². The molecular formula is C14H20N4O2. The molecule has 20 heavy (non-hydrogen) atoms. The number of nitrogens with two attached hydrogens (primary N) is 1. The van der Waals surface area contributed by atoms with Gasteiger partial charge in [-0.1, -0.05) is 17.3 Å². The highest BCUT2D eigenvalue weighted by Gasteiger charge is 2.17. The smallest absolute Gasteiger partial charge is 0.220 e. The van der Waals surface area contributed by atoms with Gasteiger partial charge in [-0.25, -0.2) is 0 Å². The molecule has 6 heteroatoms. The fourth-order valence-electron chi connectivity index (χ4n) is 2.27. The number of rotatable bonds is 4. The second-order valence-electron chi connectivity index (χ2n) is 5.05. The number of piperidine rings is 1. The zero-order valence-corrected chi connectivity index (χ0v) is 11.5. The second-order valence-corrected chi connectivity index (χ2v) is 5.05. The molecule has 0 spiro atoms. The Hall–Kier alpha value is -2.08. The van der Waals surface area contributed by atoms with Gasteiger partial charge in [0.1, 0.15) is 0 Å². The van der Waals surface area contributed by atoms with Crippen LogP contribution in [0.3, 0.4) is 0 Å². The quantitative estimate of drug-likeness (QED) is 0.278. The molecule has 1 aromatic rings. The minimum Gasteiger partial charge on any atom is -0.409 e. The maximum Gasteiger partial charge on any atom is 0.220 e. The van der Waals surface area contributed by atoms with E-state index in [1.54, 1.807) is 0 Å². The zero-order valence-electron chi connectivity index (χ0n) is 11.5. The van der Waals surface area contributed by atoms with Crippen LogP contribution in [0.5, 0.6) is 0 Å². The molecule has 1 saturated heterocycles. The summed E-state index contributed by atoms with van der Waals surface area (Å²) in [5, 5.41) is 17.9. The maximum atomic E-state index is 11.1. The molecule has 1 aliphatic heterocycles. The fraction of sp³-hybridized carbons (Fsp3) is 0.429. The molecule has 0 saturated carbocycles. The number of benzene rings is 1. The van der Waals surface area contributed by atoms with Crippen LogP contribution >= 0.6 is 0 Å². The van der Waals surface area contributed by atoms with Crippen molar-refractivity contribution in [1.29, 1.82) is 0 Å². The number of hydrogen-bond donors (Lipinski definition) is 4. The first kappa shape index (κ1) is 14.3. The van der Waals surface area contributed by atoms with Crippen LogP contribution in [0.15, 0.2) is 23.4 Å².